The Morgan fingerprint density at radius 1 is 1.43 bits per heavy atom. The van der Waals surface area contributed by atoms with E-state index in [-0.39, 0.29) is 30.8 Å². The van der Waals surface area contributed by atoms with Gasteiger partial charge in [0, 0.05) is 26.3 Å². The molecule has 1 aliphatic heterocycles. The van der Waals surface area contributed by atoms with Crippen LogP contribution in [-0.2, 0) is 11.3 Å². The van der Waals surface area contributed by atoms with Crippen molar-refractivity contribution in [2.75, 3.05) is 26.8 Å². The lowest BCUT2D eigenvalue weighted by atomic mass is 10.2. The van der Waals surface area contributed by atoms with Crippen LogP contribution < -0.4 is 5.32 Å². The Morgan fingerprint density at radius 3 is 3.00 bits per heavy atom. The highest BCUT2D eigenvalue weighted by atomic mass is 19.1. The van der Waals surface area contributed by atoms with E-state index in [0.717, 1.165) is 6.20 Å². The topological polar surface area (TPSA) is 102 Å². The summed E-state index contributed by atoms with van der Waals surface area (Å²) in [5.41, 5.74) is -0.0603. The second-order valence-electron chi connectivity index (χ2n) is 6.37. The third-order valence-corrected chi connectivity index (χ3v) is 4.39. The molecule has 28 heavy (non-hydrogen) atoms. The van der Waals surface area contributed by atoms with Crippen LogP contribution in [0.2, 0.25) is 0 Å². The summed E-state index contributed by atoms with van der Waals surface area (Å²) in [6.45, 7) is 0.693. The molecule has 2 aromatic rings. The molecule has 1 N–H and O–H groups in total. The minimum Gasteiger partial charge on any atom is -0.383 e. The van der Waals surface area contributed by atoms with Crippen LogP contribution in [0.4, 0.5) is 8.78 Å². The first-order valence-electron chi connectivity index (χ1n) is 8.71. The maximum Gasteiger partial charge on any atom is 0.273 e. The largest absolute Gasteiger partial charge is 0.383 e. The van der Waals surface area contributed by atoms with Crippen LogP contribution in [0.5, 0.6) is 0 Å². The number of carbonyl (C=O) groups is 2. The van der Waals surface area contributed by atoms with Gasteiger partial charge in [0.1, 0.15) is 6.17 Å². The molecule has 2 aromatic heterocycles. The van der Waals surface area contributed by atoms with Gasteiger partial charge in [-0.25, -0.2) is 13.5 Å². The highest BCUT2D eigenvalue weighted by Gasteiger charge is 2.37. The first-order chi connectivity index (χ1) is 13.5. The Balaban J connectivity index is 1.68. The molecule has 3 heterocycles. The van der Waals surface area contributed by atoms with Crippen molar-refractivity contribution in [1.29, 1.82) is 0 Å². The Labute approximate surface area is 159 Å². The quantitative estimate of drug-likeness (QED) is 0.684. The fourth-order valence-electron chi connectivity index (χ4n) is 3.05. The summed E-state index contributed by atoms with van der Waals surface area (Å²) in [6.07, 6.45) is 2.54. The smallest absolute Gasteiger partial charge is 0.273 e. The highest BCUT2D eigenvalue weighted by molar-refractivity contribution is 5.94. The molecular formula is C17H20F2N6O3. The molecule has 3 rings (SSSR count). The second-order valence-corrected chi connectivity index (χ2v) is 6.37. The van der Waals surface area contributed by atoms with Gasteiger partial charge in [0.15, 0.2) is 11.5 Å². The van der Waals surface area contributed by atoms with Gasteiger partial charge >= 0.3 is 0 Å². The number of likely N-dealkylation sites (tertiary alicyclic amines) is 1. The number of rotatable bonds is 7. The molecule has 2 amide bonds. The molecule has 0 saturated carbocycles. The normalized spacial score (nSPS) is 19.0. The van der Waals surface area contributed by atoms with E-state index in [1.54, 1.807) is 0 Å². The number of alkyl halides is 1. The molecule has 2 atom stereocenters. The van der Waals surface area contributed by atoms with Crippen LogP contribution in [0, 0.1) is 5.82 Å². The number of nitrogens with one attached hydrogen (secondary N) is 1. The van der Waals surface area contributed by atoms with E-state index in [1.165, 1.54) is 35.2 Å². The van der Waals surface area contributed by atoms with Crippen LogP contribution in [0.3, 0.4) is 0 Å². The van der Waals surface area contributed by atoms with Gasteiger partial charge in [-0.1, -0.05) is 5.21 Å². The fraction of sp³-hybridized carbons (Fsp3) is 0.471. The Kier molecular flexibility index (Phi) is 6.24. The zero-order valence-corrected chi connectivity index (χ0v) is 15.2. The third kappa shape index (κ3) is 4.47. The number of hydrogen-bond acceptors (Lipinski definition) is 6. The number of carbonyl (C=O) groups excluding carboxylic acids is 2. The molecule has 9 nitrogen and oxygen atoms in total. The first kappa shape index (κ1) is 19.8. The fourth-order valence-corrected chi connectivity index (χ4v) is 3.05. The SMILES string of the molecule is COCCNC(=O)c1cn(C[C@@H]2C[C@H](F)CN2C(=O)c2ccncc2F)nn1. The van der Waals surface area contributed by atoms with Crippen molar-refractivity contribution < 1.29 is 23.1 Å². The number of amides is 2. The molecule has 11 heteroatoms. The minimum absolute atomic E-state index is 0.0909. The molecule has 150 valence electrons. The Bertz CT molecular complexity index is 846. The van der Waals surface area contributed by atoms with Gasteiger partial charge in [-0.3, -0.25) is 14.6 Å². The highest BCUT2D eigenvalue weighted by Crippen LogP contribution is 2.24. The molecule has 0 bridgehead atoms. The molecule has 1 saturated heterocycles. The number of methoxy groups -OCH3 is 1. The van der Waals surface area contributed by atoms with E-state index in [9.17, 15) is 18.4 Å². The number of aromatic nitrogens is 4. The monoisotopic (exact) mass is 394 g/mol. The summed E-state index contributed by atoms with van der Waals surface area (Å²) in [7, 11) is 1.52. The summed E-state index contributed by atoms with van der Waals surface area (Å²) in [5.74, 6) is -1.78. The lowest BCUT2D eigenvalue weighted by molar-refractivity contribution is 0.0709. The van der Waals surface area contributed by atoms with Crippen molar-refractivity contribution in [3.63, 3.8) is 0 Å². The van der Waals surface area contributed by atoms with Crippen molar-refractivity contribution in [2.24, 2.45) is 0 Å². The minimum atomic E-state index is -1.22. The van der Waals surface area contributed by atoms with Crippen LogP contribution in [0.25, 0.3) is 0 Å². The van der Waals surface area contributed by atoms with Crippen molar-refractivity contribution in [3.8, 4) is 0 Å². The van der Waals surface area contributed by atoms with E-state index in [0.29, 0.717) is 13.2 Å². The van der Waals surface area contributed by atoms with Crippen LogP contribution in [-0.4, -0.2) is 75.7 Å². The van der Waals surface area contributed by atoms with Crippen LogP contribution in [0.15, 0.2) is 24.7 Å². The van der Waals surface area contributed by atoms with E-state index >= 15 is 0 Å². The van der Waals surface area contributed by atoms with E-state index in [4.69, 9.17) is 4.74 Å². The van der Waals surface area contributed by atoms with Gasteiger partial charge in [0.2, 0.25) is 0 Å². The van der Waals surface area contributed by atoms with Gasteiger partial charge in [-0.05, 0) is 6.07 Å². The molecular weight excluding hydrogens is 374 g/mol. The zero-order chi connectivity index (χ0) is 20.1. The lowest BCUT2D eigenvalue weighted by Gasteiger charge is -2.24. The maximum absolute atomic E-state index is 14.0. The molecule has 1 aliphatic rings. The number of hydrogen-bond donors (Lipinski definition) is 1. The van der Waals surface area contributed by atoms with Gasteiger partial charge in [0.05, 0.1) is 43.7 Å². The van der Waals surface area contributed by atoms with Gasteiger partial charge in [-0.2, -0.15) is 0 Å². The van der Waals surface area contributed by atoms with Crippen molar-refractivity contribution in [2.45, 2.75) is 25.2 Å². The van der Waals surface area contributed by atoms with Gasteiger partial charge < -0.3 is 15.0 Å². The second kappa shape index (κ2) is 8.83. The summed E-state index contributed by atoms with van der Waals surface area (Å²) in [5, 5.41) is 10.3. The molecule has 0 spiro atoms. The van der Waals surface area contributed by atoms with E-state index < -0.39 is 29.8 Å². The maximum atomic E-state index is 14.0. The van der Waals surface area contributed by atoms with Gasteiger partial charge in [0.25, 0.3) is 11.8 Å². The lowest BCUT2D eigenvalue weighted by Crippen LogP contribution is -2.38. The van der Waals surface area contributed by atoms with Crippen molar-refractivity contribution in [3.05, 3.63) is 41.7 Å². The first-order valence-corrected chi connectivity index (χ1v) is 8.71. The number of ether oxygens (including phenoxy) is 1. The average Bonchev–Trinajstić information content (AvgIpc) is 3.28. The molecule has 0 aliphatic carbocycles. The molecule has 0 aromatic carbocycles. The van der Waals surface area contributed by atoms with E-state index in [2.05, 4.69) is 20.6 Å². The number of halogens is 2. The van der Waals surface area contributed by atoms with Crippen molar-refractivity contribution >= 4 is 11.8 Å². The summed E-state index contributed by atoms with van der Waals surface area (Å²) < 4.78 is 34.1. The summed E-state index contributed by atoms with van der Waals surface area (Å²) >= 11 is 0. The predicted molar refractivity (Wildman–Crippen MR) is 92.8 cm³/mol. The molecule has 0 unspecified atom stereocenters. The van der Waals surface area contributed by atoms with Crippen molar-refractivity contribution in [1.82, 2.24) is 30.2 Å². The molecule has 0 radical (unpaired) electrons. The Morgan fingerprint density at radius 2 is 2.25 bits per heavy atom. The van der Waals surface area contributed by atoms with E-state index in [1.807, 2.05) is 0 Å². The number of nitrogens with zero attached hydrogens (tertiary/aromatic N) is 5. The van der Waals surface area contributed by atoms with Gasteiger partial charge in [-0.15, -0.1) is 5.10 Å². The summed E-state index contributed by atoms with van der Waals surface area (Å²) in [4.78, 5) is 29.5. The van der Waals surface area contributed by atoms with Crippen LogP contribution >= 0.6 is 0 Å². The molecule has 1 fully saturated rings. The zero-order valence-electron chi connectivity index (χ0n) is 15.2. The standard InChI is InChI=1S/C17H20F2N6O3/c1-28-5-4-21-16(26)15-10-24(23-22-15)9-12-6-11(18)8-25(12)17(27)13-2-3-20-7-14(13)19/h2-3,7,10-12H,4-6,8-9H2,1H3,(H,21,26)/t11-,12-/m0/s1. The van der Waals surface area contributed by atoms with Crippen LogP contribution in [0.1, 0.15) is 27.3 Å². The Hall–Kier alpha value is -2.95. The average molecular weight is 394 g/mol. The summed E-state index contributed by atoms with van der Waals surface area (Å²) in [6, 6.07) is 0.722. The third-order valence-electron chi connectivity index (χ3n) is 4.39. The number of pyridine rings is 1. The predicted octanol–water partition coefficient (Wildman–Crippen LogP) is 0.441.